The summed E-state index contributed by atoms with van der Waals surface area (Å²) < 4.78 is 5.18. The minimum absolute atomic E-state index is 0.0234. The van der Waals surface area contributed by atoms with Crippen molar-refractivity contribution in [3.8, 4) is 0 Å². The van der Waals surface area contributed by atoms with E-state index in [0.29, 0.717) is 21.8 Å². The SMILES string of the molecule is CCn1c(=O)/c(=C2\Sc3cc(Cl)ccc3N2C)s/c1=C\c1scc[n+]1CC(=O)/C=C(\N)c1ccccc1. The zero-order chi connectivity index (χ0) is 26.1. The number of rotatable bonds is 6. The highest BCUT2D eigenvalue weighted by molar-refractivity contribution is 8.08. The van der Waals surface area contributed by atoms with Gasteiger partial charge in [0, 0.05) is 35.3 Å². The fraction of sp³-hybridized carbons (Fsp3) is 0.148. The molecule has 0 radical (unpaired) electrons. The number of nitrogens with zero attached hydrogens (tertiary/aromatic N) is 3. The van der Waals surface area contributed by atoms with Gasteiger partial charge in [-0.05, 0) is 30.7 Å². The van der Waals surface area contributed by atoms with Gasteiger partial charge in [0.05, 0.1) is 17.1 Å². The number of hydrogen-bond donors (Lipinski definition) is 1. The second-order valence-corrected chi connectivity index (χ2v) is 11.8. The molecule has 2 aromatic heterocycles. The molecule has 1 aliphatic heterocycles. The summed E-state index contributed by atoms with van der Waals surface area (Å²) in [6.45, 7) is 2.66. The third-order valence-electron chi connectivity index (χ3n) is 5.93. The minimum Gasteiger partial charge on any atom is -0.398 e. The molecular weight excluding hydrogens is 544 g/mol. The van der Waals surface area contributed by atoms with Crippen LogP contribution in [0.25, 0.3) is 16.8 Å². The van der Waals surface area contributed by atoms with Gasteiger partial charge in [-0.2, -0.15) is 4.57 Å². The second kappa shape index (κ2) is 10.7. The standard InChI is InChI=1S/C27H23ClN4O2S3/c1-3-32-24(37-25(26(32)34)27-30(2)21-10-9-18(28)13-22(21)36-27)15-23-31(11-12-35-23)16-19(33)14-20(29)17-7-5-4-6-8-17/h4-15H,3,16H2,1-2H3,(H-,29,33)/p+1/b27-25+. The Labute approximate surface area is 231 Å². The van der Waals surface area contributed by atoms with Crippen molar-refractivity contribution in [2.75, 3.05) is 11.9 Å². The van der Waals surface area contributed by atoms with E-state index in [4.69, 9.17) is 17.3 Å². The summed E-state index contributed by atoms with van der Waals surface area (Å²) in [5, 5.41) is 4.37. The number of nitrogens with two attached hydrogens (primary N) is 1. The van der Waals surface area contributed by atoms with Crippen LogP contribution in [-0.2, 0) is 17.9 Å². The highest BCUT2D eigenvalue weighted by Crippen LogP contribution is 2.46. The maximum absolute atomic E-state index is 13.4. The van der Waals surface area contributed by atoms with E-state index in [1.807, 2.05) is 89.6 Å². The van der Waals surface area contributed by atoms with E-state index >= 15 is 0 Å². The molecule has 188 valence electrons. The van der Waals surface area contributed by atoms with Gasteiger partial charge in [-0.1, -0.05) is 65.0 Å². The highest BCUT2D eigenvalue weighted by atomic mass is 35.5. The molecule has 0 fully saturated rings. The number of anilines is 1. The lowest BCUT2D eigenvalue weighted by atomic mass is 10.1. The molecule has 10 heteroatoms. The van der Waals surface area contributed by atoms with Crippen molar-refractivity contribution in [2.45, 2.75) is 24.9 Å². The number of carbonyl (C=O) groups is 1. The van der Waals surface area contributed by atoms with Crippen LogP contribution < -0.4 is 30.0 Å². The quantitative estimate of drug-likeness (QED) is 0.284. The van der Waals surface area contributed by atoms with E-state index in [2.05, 4.69) is 0 Å². The fourth-order valence-electron chi connectivity index (χ4n) is 4.06. The first-order chi connectivity index (χ1) is 17.9. The average Bonchev–Trinajstić information content (AvgIpc) is 3.55. The number of ketones is 1. The molecule has 2 N–H and O–H groups in total. The van der Waals surface area contributed by atoms with Crippen molar-refractivity contribution < 1.29 is 9.36 Å². The molecular formula is C27H24ClN4O2S3+. The predicted molar refractivity (Wildman–Crippen MR) is 154 cm³/mol. The molecule has 5 rings (SSSR count). The third-order valence-corrected chi connectivity index (χ3v) is 9.48. The summed E-state index contributed by atoms with van der Waals surface area (Å²) in [5.41, 5.74) is 8.39. The number of benzene rings is 2. The summed E-state index contributed by atoms with van der Waals surface area (Å²) >= 11 is 10.7. The van der Waals surface area contributed by atoms with E-state index < -0.39 is 0 Å². The van der Waals surface area contributed by atoms with Gasteiger partial charge in [0.1, 0.15) is 14.2 Å². The van der Waals surface area contributed by atoms with E-state index in [0.717, 1.165) is 30.8 Å². The van der Waals surface area contributed by atoms with Gasteiger partial charge in [0.25, 0.3) is 10.6 Å². The van der Waals surface area contributed by atoms with Gasteiger partial charge >= 0.3 is 0 Å². The topological polar surface area (TPSA) is 72.2 Å². The molecule has 3 heterocycles. The van der Waals surface area contributed by atoms with E-state index in [-0.39, 0.29) is 17.9 Å². The number of aromatic nitrogens is 2. The predicted octanol–water partition coefficient (Wildman–Crippen LogP) is 3.64. The molecule has 0 aliphatic carbocycles. The van der Waals surface area contributed by atoms with Gasteiger partial charge in [0.2, 0.25) is 12.3 Å². The van der Waals surface area contributed by atoms with Crippen LogP contribution in [0.1, 0.15) is 17.5 Å². The van der Waals surface area contributed by atoms with Crippen LogP contribution in [0.3, 0.4) is 0 Å². The lowest BCUT2D eigenvalue weighted by molar-refractivity contribution is -0.680. The molecule has 1 aliphatic rings. The number of thioether (sulfide) groups is 1. The minimum atomic E-state index is -0.102. The zero-order valence-electron chi connectivity index (χ0n) is 20.2. The number of hydrogen-bond acceptors (Lipinski definition) is 7. The van der Waals surface area contributed by atoms with Crippen molar-refractivity contribution in [2.24, 2.45) is 5.73 Å². The smallest absolute Gasteiger partial charge is 0.271 e. The van der Waals surface area contributed by atoms with Crippen LogP contribution in [0.15, 0.2) is 75.9 Å². The molecule has 0 unspecified atom stereocenters. The zero-order valence-corrected chi connectivity index (χ0v) is 23.4. The number of allylic oxidation sites excluding steroid dienone is 1. The van der Waals surface area contributed by atoms with E-state index in [1.165, 1.54) is 28.7 Å². The van der Waals surface area contributed by atoms with Crippen LogP contribution in [-0.4, -0.2) is 17.4 Å². The Balaban J connectivity index is 1.50. The van der Waals surface area contributed by atoms with Crippen molar-refractivity contribution in [1.29, 1.82) is 0 Å². The summed E-state index contributed by atoms with van der Waals surface area (Å²) in [4.78, 5) is 29.2. The second-order valence-electron chi connectivity index (χ2n) is 8.34. The number of thiazole rings is 2. The molecule has 0 bridgehead atoms. The maximum Gasteiger partial charge on any atom is 0.271 e. The summed E-state index contributed by atoms with van der Waals surface area (Å²) in [6.07, 6.45) is 5.33. The molecule has 2 aromatic carbocycles. The van der Waals surface area contributed by atoms with Crippen LogP contribution in [0.2, 0.25) is 5.02 Å². The summed E-state index contributed by atoms with van der Waals surface area (Å²) in [7, 11) is 1.97. The molecule has 6 nitrogen and oxygen atoms in total. The molecule has 37 heavy (non-hydrogen) atoms. The highest BCUT2D eigenvalue weighted by Gasteiger charge is 2.25. The molecule has 0 saturated carbocycles. The van der Waals surface area contributed by atoms with Gasteiger partial charge in [0.15, 0.2) is 6.20 Å². The summed E-state index contributed by atoms with van der Waals surface area (Å²) in [6, 6.07) is 15.2. The number of fused-ring (bicyclic) bond motifs is 1. The van der Waals surface area contributed by atoms with Crippen LogP contribution in [0.4, 0.5) is 5.69 Å². The van der Waals surface area contributed by atoms with Crippen molar-refractivity contribution in [3.63, 3.8) is 0 Å². The Morgan fingerprint density at radius 3 is 2.73 bits per heavy atom. The molecule has 0 amide bonds. The van der Waals surface area contributed by atoms with Gasteiger partial charge in [-0.15, -0.1) is 11.3 Å². The Bertz CT molecular complexity index is 1700. The lowest BCUT2D eigenvalue weighted by Gasteiger charge is -2.12. The molecule has 0 spiro atoms. The van der Waals surface area contributed by atoms with Crippen LogP contribution in [0, 0.1) is 0 Å². The Morgan fingerprint density at radius 2 is 1.97 bits per heavy atom. The van der Waals surface area contributed by atoms with E-state index in [1.54, 1.807) is 16.3 Å². The van der Waals surface area contributed by atoms with Crippen LogP contribution in [0.5, 0.6) is 0 Å². The first-order valence-electron chi connectivity index (χ1n) is 11.5. The van der Waals surface area contributed by atoms with Crippen LogP contribution >= 0.6 is 46.0 Å². The maximum atomic E-state index is 13.4. The number of halogens is 1. The van der Waals surface area contributed by atoms with E-state index in [9.17, 15) is 9.59 Å². The molecule has 0 atom stereocenters. The Kier molecular flexibility index (Phi) is 7.39. The summed E-state index contributed by atoms with van der Waals surface area (Å²) in [5.74, 6) is -0.102. The lowest BCUT2D eigenvalue weighted by Crippen LogP contribution is -2.38. The first kappa shape index (κ1) is 25.5. The molecule has 0 saturated heterocycles. The normalized spacial score (nSPS) is 15.4. The van der Waals surface area contributed by atoms with Crippen molar-refractivity contribution in [1.82, 2.24) is 4.57 Å². The van der Waals surface area contributed by atoms with Gasteiger partial charge in [-0.3, -0.25) is 14.2 Å². The Morgan fingerprint density at radius 1 is 1.19 bits per heavy atom. The molecule has 4 aromatic rings. The first-order valence-corrected chi connectivity index (χ1v) is 14.4. The fourth-order valence-corrected chi connectivity index (χ4v) is 7.66. The van der Waals surface area contributed by atoms with Crippen molar-refractivity contribution in [3.05, 3.63) is 101 Å². The average molecular weight is 568 g/mol. The number of carbonyl (C=O) groups excluding carboxylic acids is 1. The third kappa shape index (κ3) is 5.17. The largest absolute Gasteiger partial charge is 0.398 e. The monoisotopic (exact) mass is 567 g/mol. The van der Waals surface area contributed by atoms with Gasteiger partial charge < -0.3 is 10.6 Å². The Hall–Kier alpha value is -3.11. The van der Waals surface area contributed by atoms with Crippen molar-refractivity contribution >= 4 is 74.3 Å². The van der Waals surface area contributed by atoms with Gasteiger partial charge in [-0.25, -0.2) is 0 Å².